The summed E-state index contributed by atoms with van der Waals surface area (Å²) in [5.74, 6) is -1.12. The molecule has 0 aromatic heterocycles. The number of hydroxylamine groups is 2. The summed E-state index contributed by atoms with van der Waals surface area (Å²) in [6.45, 7) is 4.34. The van der Waals surface area contributed by atoms with Crippen LogP contribution in [-0.2, 0) is 32.9 Å². The number of carbonyl (C=O) groups excluding carboxylic acids is 2. The highest BCUT2D eigenvalue weighted by Gasteiger charge is 2.24. The maximum Gasteiger partial charge on any atom is 0.698 e. The minimum atomic E-state index is -2.60. The molecule has 0 heterocycles. The lowest BCUT2D eigenvalue weighted by Gasteiger charge is -2.05. The Morgan fingerprint density at radius 2 is 0.789 bits per heavy atom. The van der Waals surface area contributed by atoms with Crippen molar-refractivity contribution in [3.05, 3.63) is 0 Å². The molecule has 0 aliphatic rings. The Bertz CT molecular complexity index is 521. The van der Waals surface area contributed by atoms with Crippen LogP contribution in [0.3, 0.4) is 0 Å². The van der Waals surface area contributed by atoms with Crippen molar-refractivity contribution in [2.45, 2.75) is 142 Å². The monoisotopic (exact) mass is 563 g/mol. The van der Waals surface area contributed by atoms with Crippen LogP contribution in [0.1, 0.15) is 142 Å². The van der Waals surface area contributed by atoms with E-state index in [-0.39, 0.29) is 0 Å². The molecular weight excluding hydrogens is 507 g/mol. The maximum atomic E-state index is 11.7. The first-order chi connectivity index (χ1) is 18.6. The molecule has 0 bridgehead atoms. The van der Waals surface area contributed by atoms with Gasteiger partial charge in [0.1, 0.15) is 0 Å². The van der Waals surface area contributed by atoms with Gasteiger partial charge in [-0.2, -0.15) is 0 Å². The Balaban J connectivity index is 3.41. The fourth-order valence-electron chi connectivity index (χ4n) is 3.91. The van der Waals surface area contributed by atoms with Crippen molar-refractivity contribution < 1.29 is 32.9 Å². The number of carbonyl (C=O) groups is 2. The SMILES string of the molecule is CCCCCCCCCCCCONC(=O)CO[P+](=O)OCC(=O)NOCCCCCCCCCCCC. The highest BCUT2D eigenvalue weighted by Crippen LogP contribution is 2.22. The summed E-state index contributed by atoms with van der Waals surface area (Å²) >= 11 is 0. The molecule has 10 heteroatoms. The molecule has 0 unspecified atom stereocenters. The first-order valence-corrected chi connectivity index (χ1v) is 16.2. The summed E-state index contributed by atoms with van der Waals surface area (Å²) in [5, 5.41) is 0. The second-order valence-electron chi connectivity index (χ2n) is 9.88. The van der Waals surface area contributed by atoms with Gasteiger partial charge in [0, 0.05) is 4.57 Å². The summed E-state index contributed by atoms with van der Waals surface area (Å²) in [5.41, 5.74) is 4.50. The zero-order valence-electron chi connectivity index (χ0n) is 24.3. The molecule has 2 N–H and O–H groups in total. The average Bonchev–Trinajstić information content (AvgIpc) is 2.92. The predicted molar refractivity (Wildman–Crippen MR) is 151 cm³/mol. The standard InChI is InChI=1S/C28H55N2O7P/c1-3-5-7-9-11-13-15-17-19-21-23-34-29-27(31)25-36-38(33)37-26-28(32)30-35-24-22-20-18-16-14-12-10-8-6-4-2/h3-26H2,1-2H3,(H-,29,30,31,32)/p+1. The van der Waals surface area contributed by atoms with E-state index >= 15 is 0 Å². The zero-order chi connectivity index (χ0) is 27.9. The van der Waals surface area contributed by atoms with Crippen LogP contribution in [-0.4, -0.2) is 38.2 Å². The van der Waals surface area contributed by atoms with E-state index < -0.39 is 33.3 Å². The minimum Gasteiger partial charge on any atom is -0.274 e. The van der Waals surface area contributed by atoms with E-state index in [0.717, 1.165) is 25.7 Å². The smallest absolute Gasteiger partial charge is 0.274 e. The lowest BCUT2D eigenvalue weighted by atomic mass is 10.1. The van der Waals surface area contributed by atoms with Crippen LogP contribution in [0, 0.1) is 0 Å². The van der Waals surface area contributed by atoms with Crippen molar-refractivity contribution >= 4 is 20.1 Å². The Hall–Kier alpha value is -1.12. The average molecular weight is 564 g/mol. The van der Waals surface area contributed by atoms with E-state index in [9.17, 15) is 14.2 Å². The molecule has 0 fully saturated rings. The number of unbranched alkanes of at least 4 members (excludes halogenated alkanes) is 18. The molecule has 0 atom stereocenters. The van der Waals surface area contributed by atoms with Crippen molar-refractivity contribution in [2.75, 3.05) is 26.4 Å². The number of nitrogens with one attached hydrogen (secondary N) is 2. The van der Waals surface area contributed by atoms with Crippen LogP contribution >= 0.6 is 8.25 Å². The highest BCUT2D eigenvalue weighted by molar-refractivity contribution is 7.33. The van der Waals surface area contributed by atoms with Crippen LogP contribution in [0.2, 0.25) is 0 Å². The molecule has 0 aromatic carbocycles. The van der Waals surface area contributed by atoms with Gasteiger partial charge in [0.2, 0.25) is 0 Å². The van der Waals surface area contributed by atoms with Gasteiger partial charge in [0.05, 0.1) is 13.2 Å². The molecule has 0 saturated carbocycles. The van der Waals surface area contributed by atoms with Gasteiger partial charge in [0.15, 0.2) is 13.2 Å². The first-order valence-electron chi connectivity index (χ1n) is 15.1. The van der Waals surface area contributed by atoms with Gasteiger partial charge in [-0.05, 0) is 12.8 Å². The molecule has 38 heavy (non-hydrogen) atoms. The number of amides is 2. The second kappa shape index (κ2) is 30.4. The van der Waals surface area contributed by atoms with Crippen molar-refractivity contribution in [3.63, 3.8) is 0 Å². The maximum absolute atomic E-state index is 11.7. The van der Waals surface area contributed by atoms with Crippen LogP contribution in [0.25, 0.3) is 0 Å². The molecule has 9 nitrogen and oxygen atoms in total. The van der Waals surface area contributed by atoms with Gasteiger partial charge >= 0.3 is 8.25 Å². The number of hydrogen-bond acceptors (Lipinski definition) is 7. The lowest BCUT2D eigenvalue weighted by molar-refractivity contribution is -0.136. The topological polar surface area (TPSA) is 112 Å². The van der Waals surface area contributed by atoms with Gasteiger partial charge in [-0.1, -0.05) is 129 Å². The summed E-state index contributed by atoms with van der Waals surface area (Å²) in [7, 11) is -2.60. The molecule has 0 aromatic rings. The molecule has 2 amide bonds. The van der Waals surface area contributed by atoms with E-state index in [1.54, 1.807) is 0 Å². The number of hydrogen-bond donors (Lipinski definition) is 2. The molecule has 0 saturated heterocycles. The van der Waals surface area contributed by atoms with Crippen molar-refractivity contribution in [1.29, 1.82) is 0 Å². The molecule has 0 aliphatic carbocycles. The van der Waals surface area contributed by atoms with Gasteiger partial charge in [-0.15, -0.1) is 9.05 Å². The molecular formula is C28H56N2O7P+. The van der Waals surface area contributed by atoms with E-state index in [1.165, 1.54) is 103 Å². The van der Waals surface area contributed by atoms with E-state index in [0.29, 0.717) is 13.2 Å². The summed E-state index contributed by atoms with van der Waals surface area (Å²) in [4.78, 5) is 33.5. The van der Waals surface area contributed by atoms with E-state index in [1.807, 2.05) is 0 Å². The predicted octanol–water partition coefficient (Wildman–Crippen LogP) is 7.61. The third kappa shape index (κ3) is 29.4. The van der Waals surface area contributed by atoms with Crippen LogP contribution in [0.4, 0.5) is 0 Å². The number of rotatable bonds is 30. The quantitative estimate of drug-likeness (QED) is 0.0525. The van der Waals surface area contributed by atoms with Gasteiger partial charge in [-0.25, -0.2) is 11.0 Å². The normalized spacial score (nSPS) is 11.0. The van der Waals surface area contributed by atoms with Crippen LogP contribution in [0.5, 0.6) is 0 Å². The Labute approximate surface area is 232 Å². The summed E-state index contributed by atoms with van der Waals surface area (Å²) < 4.78 is 21.3. The lowest BCUT2D eigenvalue weighted by Crippen LogP contribution is -2.28. The van der Waals surface area contributed by atoms with Crippen LogP contribution < -0.4 is 11.0 Å². The summed E-state index contributed by atoms with van der Waals surface area (Å²) in [6, 6.07) is 0. The zero-order valence-corrected chi connectivity index (χ0v) is 25.2. The molecule has 0 aliphatic heterocycles. The molecule has 0 rings (SSSR count). The van der Waals surface area contributed by atoms with E-state index in [2.05, 4.69) is 24.8 Å². The van der Waals surface area contributed by atoms with Crippen molar-refractivity contribution in [1.82, 2.24) is 11.0 Å². The fraction of sp³-hybridized carbons (Fsp3) is 0.929. The Morgan fingerprint density at radius 3 is 1.11 bits per heavy atom. The molecule has 0 spiro atoms. The third-order valence-corrected chi connectivity index (χ3v) is 6.85. The molecule has 0 radical (unpaired) electrons. The Morgan fingerprint density at radius 1 is 0.500 bits per heavy atom. The van der Waals surface area contributed by atoms with Crippen molar-refractivity contribution in [3.8, 4) is 0 Å². The van der Waals surface area contributed by atoms with Crippen LogP contribution in [0.15, 0.2) is 0 Å². The fourth-order valence-corrected chi connectivity index (χ4v) is 4.43. The van der Waals surface area contributed by atoms with Gasteiger partial charge in [-0.3, -0.25) is 19.3 Å². The molecule has 224 valence electrons. The summed E-state index contributed by atoms with van der Waals surface area (Å²) in [6.07, 6.45) is 24.5. The van der Waals surface area contributed by atoms with Crippen molar-refractivity contribution in [2.24, 2.45) is 0 Å². The van der Waals surface area contributed by atoms with E-state index in [4.69, 9.17) is 18.7 Å². The third-order valence-electron chi connectivity index (χ3n) is 6.17. The minimum absolute atomic E-state index is 0.421. The van der Waals surface area contributed by atoms with Gasteiger partial charge < -0.3 is 0 Å². The second-order valence-corrected chi connectivity index (χ2v) is 10.8. The highest BCUT2D eigenvalue weighted by atomic mass is 31.1. The first kappa shape index (κ1) is 36.9. The Kier molecular flexibility index (Phi) is 29.5. The largest absolute Gasteiger partial charge is 0.698 e. The van der Waals surface area contributed by atoms with Gasteiger partial charge in [0.25, 0.3) is 11.8 Å².